The van der Waals surface area contributed by atoms with E-state index in [-0.39, 0.29) is 0 Å². The zero-order valence-electron chi connectivity index (χ0n) is 9.41. The SMILES string of the molecule is Cc1ccnc(-c2ccc(C)c(C)c2)c1. The molecule has 0 fully saturated rings. The Bertz CT molecular complexity index is 486. The molecule has 1 nitrogen and oxygen atoms in total. The molecule has 0 atom stereocenters. The van der Waals surface area contributed by atoms with Gasteiger partial charge in [-0.25, -0.2) is 0 Å². The summed E-state index contributed by atoms with van der Waals surface area (Å²) in [4.78, 5) is 4.38. The molecular formula is C14H15N. The fourth-order valence-electron chi connectivity index (χ4n) is 1.59. The molecule has 76 valence electrons. The smallest absolute Gasteiger partial charge is 0.0704 e. The predicted molar refractivity (Wildman–Crippen MR) is 63.9 cm³/mol. The van der Waals surface area contributed by atoms with Gasteiger partial charge < -0.3 is 0 Å². The summed E-state index contributed by atoms with van der Waals surface area (Å²) in [6, 6.07) is 10.6. The predicted octanol–water partition coefficient (Wildman–Crippen LogP) is 3.67. The fraction of sp³-hybridized carbons (Fsp3) is 0.214. The third kappa shape index (κ3) is 2.07. The van der Waals surface area contributed by atoms with E-state index in [9.17, 15) is 0 Å². The molecule has 1 heterocycles. The van der Waals surface area contributed by atoms with Crippen LogP contribution in [0, 0.1) is 20.8 Å². The minimum atomic E-state index is 1.05. The van der Waals surface area contributed by atoms with Crippen molar-refractivity contribution in [3.8, 4) is 11.3 Å². The maximum atomic E-state index is 4.38. The fourth-order valence-corrected chi connectivity index (χ4v) is 1.59. The average molecular weight is 197 g/mol. The van der Waals surface area contributed by atoms with Crippen molar-refractivity contribution in [2.45, 2.75) is 20.8 Å². The average Bonchev–Trinajstić information content (AvgIpc) is 2.22. The van der Waals surface area contributed by atoms with E-state index in [0.29, 0.717) is 0 Å². The molecule has 0 saturated heterocycles. The number of aryl methyl sites for hydroxylation is 3. The van der Waals surface area contributed by atoms with Crippen LogP contribution in [0.25, 0.3) is 11.3 Å². The first kappa shape index (κ1) is 9.91. The van der Waals surface area contributed by atoms with Crippen LogP contribution in [0.1, 0.15) is 16.7 Å². The molecule has 1 heteroatoms. The number of rotatable bonds is 1. The van der Waals surface area contributed by atoms with Gasteiger partial charge in [0.2, 0.25) is 0 Å². The summed E-state index contributed by atoms with van der Waals surface area (Å²) < 4.78 is 0. The van der Waals surface area contributed by atoms with Gasteiger partial charge in [0, 0.05) is 11.8 Å². The van der Waals surface area contributed by atoms with Crippen molar-refractivity contribution in [2.24, 2.45) is 0 Å². The van der Waals surface area contributed by atoms with Crippen LogP contribution >= 0.6 is 0 Å². The van der Waals surface area contributed by atoms with Crippen molar-refractivity contribution in [3.63, 3.8) is 0 Å². The zero-order valence-corrected chi connectivity index (χ0v) is 9.41. The van der Waals surface area contributed by atoms with Gasteiger partial charge in [-0.2, -0.15) is 0 Å². The molecule has 0 radical (unpaired) electrons. The number of nitrogens with zero attached hydrogens (tertiary/aromatic N) is 1. The monoisotopic (exact) mass is 197 g/mol. The Morgan fingerprint density at radius 1 is 0.867 bits per heavy atom. The largest absolute Gasteiger partial charge is 0.256 e. The number of aromatic nitrogens is 1. The first-order chi connectivity index (χ1) is 7.16. The van der Waals surface area contributed by atoms with Gasteiger partial charge in [0.15, 0.2) is 0 Å². The highest BCUT2D eigenvalue weighted by atomic mass is 14.7. The van der Waals surface area contributed by atoms with Gasteiger partial charge in [-0.3, -0.25) is 4.98 Å². The van der Waals surface area contributed by atoms with E-state index in [1.807, 2.05) is 12.3 Å². The molecule has 2 rings (SSSR count). The summed E-state index contributed by atoms with van der Waals surface area (Å²) in [6.45, 7) is 6.35. The van der Waals surface area contributed by atoms with Crippen LogP contribution in [0.3, 0.4) is 0 Å². The molecule has 0 amide bonds. The Morgan fingerprint density at radius 3 is 2.33 bits per heavy atom. The molecule has 1 aromatic carbocycles. The Labute approximate surface area is 90.8 Å². The summed E-state index contributed by atoms with van der Waals surface area (Å²) >= 11 is 0. The van der Waals surface area contributed by atoms with Crippen molar-refractivity contribution in [2.75, 3.05) is 0 Å². The van der Waals surface area contributed by atoms with Gasteiger partial charge in [-0.15, -0.1) is 0 Å². The molecule has 0 saturated carbocycles. The lowest BCUT2D eigenvalue weighted by Crippen LogP contribution is -1.87. The van der Waals surface area contributed by atoms with Gasteiger partial charge >= 0.3 is 0 Å². The Balaban J connectivity index is 2.50. The van der Waals surface area contributed by atoms with Crippen molar-refractivity contribution in [3.05, 3.63) is 53.2 Å². The number of pyridine rings is 1. The van der Waals surface area contributed by atoms with Gasteiger partial charge in [0.05, 0.1) is 5.69 Å². The first-order valence-corrected chi connectivity index (χ1v) is 5.17. The second-order valence-electron chi connectivity index (χ2n) is 4.02. The second-order valence-corrected chi connectivity index (χ2v) is 4.02. The van der Waals surface area contributed by atoms with E-state index in [2.05, 4.69) is 50.0 Å². The van der Waals surface area contributed by atoms with Crippen LogP contribution in [-0.4, -0.2) is 4.98 Å². The topological polar surface area (TPSA) is 12.9 Å². The van der Waals surface area contributed by atoms with Gasteiger partial charge in [0.25, 0.3) is 0 Å². The highest BCUT2D eigenvalue weighted by molar-refractivity contribution is 5.61. The van der Waals surface area contributed by atoms with Crippen molar-refractivity contribution < 1.29 is 0 Å². The number of hydrogen-bond donors (Lipinski definition) is 0. The first-order valence-electron chi connectivity index (χ1n) is 5.17. The molecule has 0 aliphatic rings. The van der Waals surface area contributed by atoms with Gasteiger partial charge in [-0.1, -0.05) is 12.1 Å². The Morgan fingerprint density at radius 2 is 1.67 bits per heavy atom. The minimum Gasteiger partial charge on any atom is -0.256 e. The number of hydrogen-bond acceptors (Lipinski definition) is 1. The highest BCUT2D eigenvalue weighted by Gasteiger charge is 2.00. The lowest BCUT2D eigenvalue weighted by molar-refractivity contribution is 1.27. The van der Waals surface area contributed by atoms with Crippen molar-refractivity contribution in [1.82, 2.24) is 4.98 Å². The van der Waals surface area contributed by atoms with Crippen LogP contribution in [0.5, 0.6) is 0 Å². The highest BCUT2D eigenvalue weighted by Crippen LogP contribution is 2.20. The Kier molecular flexibility index (Phi) is 2.55. The van der Waals surface area contributed by atoms with E-state index in [1.165, 1.54) is 22.3 Å². The minimum absolute atomic E-state index is 1.05. The second kappa shape index (κ2) is 3.85. The molecule has 0 unspecified atom stereocenters. The van der Waals surface area contributed by atoms with E-state index in [0.717, 1.165) is 5.69 Å². The normalized spacial score (nSPS) is 10.3. The molecular weight excluding hydrogens is 182 g/mol. The molecule has 1 aromatic heterocycles. The third-order valence-corrected chi connectivity index (χ3v) is 2.72. The lowest BCUT2D eigenvalue weighted by Gasteiger charge is -2.05. The summed E-state index contributed by atoms with van der Waals surface area (Å²) in [5.74, 6) is 0. The molecule has 0 aliphatic heterocycles. The quantitative estimate of drug-likeness (QED) is 0.679. The van der Waals surface area contributed by atoms with Gasteiger partial charge in [0.1, 0.15) is 0 Å². The molecule has 2 aromatic rings. The molecule has 0 spiro atoms. The van der Waals surface area contributed by atoms with Gasteiger partial charge in [-0.05, 0) is 55.7 Å². The van der Waals surface area contributed by atoms with E-state index >= 15 is 0 Å². The summed E-state index contributed by atoms with van der Waals surface area (Å²) in [7, 11) is 0. The number of benzene rings is 1. The Hall–Kier alpha value is -1.63. The summed E-state index contributed by atoms with van der Waals surface area (Å²) in [5.41, 5.74) is 6.14. The molecule has 15 heavy (non-hydrogen) atoms. The van der Waals surface area contributed by atoms with E-state index < -0.39 is 0 Å². The van der Waals surface area contributed by atoms with Crippen LogP contribution in [0.4, 0.5) is 0 Å². The summed E-state index contributed by atoms with van der Waals surface area (Å²) in [5, 5.41) is 0. The molecule has 0 N–H and O–H groups in total. The molecule has 0 bridgehead atoms. The van der Waals surface area contributed by atoms with Crippen LogP contribution < -0.4 is 0 Å². The van der Waals surface area contributed by atoms with Crippen molar-refractivity contribution >= 4 is 0 Å². The van der Waals surface area contributed by atoms with Crippen molar-refractivity contribution in [1.29, 1.82) is 0 Å². The van der Waals surface area contributed by atoms with Crippen LogP contribution in [-0.2, 0) is 0 Å². The third-order valence-electron chi connectivity index (χ3n) is 2.72. The van der Waals surface area contributed by atoms with E-state index in [1.54, 1.807) is 0 Å². The standard InChI is InChI=1S/C14H15N/c1-10-6-7-15-14(8-10)13-5-4-11(2)12(3)9-13/h4-9H,1-3H3. The summed E-state index contributed by atoms with van der Waals surface area (Å²) in [6.07, 6.45) is 1.86. The van der Waals surface area contributed by atoms with E-state index in [4.69, 9.17) is 0 Å². The van der Waals surface area contributed by atoms with Crippen LogP contribution in [0.2, 0.25) is 0 Å². The van der Waals surface area contributed by atoms with Crippen LogP contribution in [0.15, 0.2) is 36.5 Å². The maximum Gasteiger partial charge on any atom is 0.0704 e. The molecule has 0 aliphatic carbocycles. The zero-order chi connectivity index (χ0) is 10.8. The maximum absolute atomic E-state index is 4.38. The lowest BCUT2D eigenvalue weighted by atomic mass is 10.0.